The Balaban J connectivity index is 1.94. The van der Waals surface area contributed by atoms with Crippen molar-refractivity contribution in [2.45, 2.75) is 45.1 Å². The second kappa shape index (κ2) is 11.7. The number of carbonyl (C=O) groups excluding carboxylic acids is 3. The van der Waals surface area contributed by atoms with Gasteiger partial charge in [0.25, 0.3) is 0 Å². The summed E-state index contributed by atoms with van der Waals surface area (Å²) in [5.74, 6) is -2.54. The van der Waals surface area contributed by atoms with E-state index < -0.39 is 29.5 Å². The van der Waals surface area contributed by atoms with E-state index >= 15 is 0 Å². The highest BCUT2D eigenvalue weighted by molar-refractivity contribution is 5.96. The highest BCUT2D eigenvalue weighted by atomic mass is 19.1. The van der Waals surface area contributed by atoms with Crippen molar-refractivity contribution >= 4 is 23.6 Å². The molecule has 0 fully saturated rings. The number of pyridine rings is 1. The Bertz CT molecular complexity index is 899. The largest absolute Gasteiger partial charge is 0.469 e. The molecule has 7 nitrogen and oxygen atoms in total. The predicted molar refractivity (Wildman–Crippen MR) is 110 cm³/mol. The fourth-order valence-corrected chi connectivity index (χ4v) is 2.91. The van der Waals surface area contributed by atoms with Gasteiger partial charge in [-0.2, -0.15) is 0 Å². The van der Waals surface area contributed by atoms with Crippen molar-refractivity contribution in [2.75, 3.05) is 12.4 Å². The van der Waals surface area contributed by atoms with Crippen molar-refractivity contribution in [3.05, 3.63) is 59.3 Å². The van der Waals surface area contributed by atoms with Crippen LogP contribution in [0, 0.1) is 11.6 Å². The third-order valence-electron chi connectivity index (χ3n) is 4.44. The number of nitrogens with zero attached hydrogens (tertiary/aromatic N) is 1. The Morgan fingerprint density at radius 2 is 1.81 bits per heavy atom. The van der Waals surface area contributed by atoms with Crippen LogP contribution in [0.5, 0.6) is 0 Å². The molecule has 0 aliphatic carbocycles. The fraction of sp³-hybridized carbons (Fsp3) is 0.364. The van der Waals surface area contributed by atoms with Gasteiger partial charge in [0.15, 0.2) is 0 Å². The lowest BCUT2D eigenvalue weighted by atomic mass is 10.1. The van der Waals surface area contributed by atoms with Crippen LogP contribution in [0.1, 0.15) is 37.3 Å². The summed E-state index contributed by atoms with van der Waals surface area (Å²) in [4.78, 5) is 40.2. The quantitative estimate of drug-likeness (QED) is 0.562. The average Bonchev–Trinajstić information content (AvgIpc) is 2.71. The number of halogens is 2. The van der Waals surface area contributed by atoms with Crippen molar-refractivity contribution in [2.24, 2.45) is 0 Å². The highest BCUT2D eigenvalue weighted by Gasteiger charge is 2.21. The number of rotatable bonds is 10. The standard InChI is InChI=1S/C22H25F2N3O4/c1-3-4-18(26-20(28)11-15-9-16(23)12-17(24)10-15)22(30)27-19-7-5-14(13-25-19)6-8-21(29)31-2/h5,7,9-10,12-13,18H,3-4,6,8,11H2,1-2H3,(H,26,28)(H,25,27,30). The number of esters is 1. The van der Waals surface area contributed by atoms with Crippen molar-refractivity contribution < 1.29 is 27.9 Å². The third kappa shape index (κ3) is 8.12. The van der Waals surface area contributed by atoms with Crippen LogP contribution >= 0.6 is 0 Å². The molecular formula is C22H25F2N3O4. The maximum absolute atomic E-state index is 13.3. The zero-order valence-electron chi connectivity index (χ0n) is 17.4. The molecule has 2 rings (SSSR count). The molecule has 9 heteroatoms. The second-order valence-corrected chi connectivity index (χ2v) is 6.98. The normalized spacial score (nSPS) is 11.5. The molecule has 0 aliphatic rings. The van der Waals surface area contributed by atoms with Gasteiger partial charge in [-0.15, -0.1) is 0 Å². The van der Waals surface area contributed by atoms with Crippen LogP contribution < -0.4 is 10.6 Å². The summed E-state index contributed by atoms with van der Waals surface area (Å²) in [5.41, 5.74) is 0.985. The number of aromatic nitrogens is 1. The monoisotopic (exact) mass is 433 g/mol. The number of carbonyl (C=O) groups is 3. The molecule has 0 bridgehead atoms. The van der Waals surface area contributed by atoms with Gasteiger partial charge in [-0.05, 0) is 42.2 Å². The first-order chi connectivity index (χ1) is 14.8. The molecule has 2 aromatic rings. The van der Waals surface area contributed by atoms with Crippen LogP contribution in [0.4, 0.5) is 14.6 Å². The van der Waals surface area contributed by atoms with E-state index in [2.05, 4.69) is 20.4 Å². The minimum Gasteiger partial charge on any atom is -0.469 e. The van der Waals surface area contributed by atoms with Gasteiger partial charge in [-0.1, -0.05) is 19.4 Å². The summed E-state index contributed by atoms with van der Waals surface area (Å²) in [6, 6.07) is 5.38. The smallest absolute Gasteiger partial charge is 0.305 e. The van der Waals surface area contributed by atoms with Crippen LogP contribution in [0.3, 0.4) is 0 Å². The van der Waals surface area contributed by atoms with E-state index in [0.717, 1.165) is 23.8 Å². The maximum Gasteiger partial charge on any atom is 0.305 e. The lowest BCUT2D eigenvalue weighted by Gasteiger charge is -2.18. The van der Waals surface area contributed by atoms with Crippen LogP contribution in [-0.2, 0) is 32.0 Å². The van der Waals surface area contributed by atoms with Crippen molar-refractivity contribution in [1.29, 1.82) is 0 Å². The van der Waals surface area contributed by atoms with Crippen molar-refractivity contribution in [1.82, 2.24) is 10.3 Å². The number of hydrogen-bond acceptors (Lipinski definition) is 5. The summed E-state index contributed by atoms with van der Waals surface area (Å²) in [6.07, 6.45) is 2.99. The van der Waals surface area contributed by atoms with Gasteiger partial charge in [0.2, 0.25) is 11.8 Å². The van der Waals surface area contributed by atoms with Crippen molar-refractivity contribution in [3.8, 4) is 0 Å². The van der Waals surface area contributed by atoms with Crippen LogP contribution in [0.15, 0.2) is 36.5 Å². The first-order valence-electron chi connectivity index (χ1n) is 9.87. The zero-order valence-corrected chi connectivity index (χ0v) is 17.4. The number of anilines is 1. The van der Waals surface area contributed by atoms with Crippen molar-refractivity contribution in [3.63, 3.8) is 0 Å². The van der Waals surface area contributed by atoms with E-state index in [0.29, 0.717) is 25.1 Å². The zero-order chi connectivity index (χ0) is 22.8. The summed E-state index contributed by atoms with van der Waals surface area (Å²) in [5, 5.41) is 5.24. The summed E-state index contributed by atoms with van der Waals surface area (Å²) in [7, 11) is 1.32. The first kappa shape index (κ1) is 23.9. The molecule has 1 aromatic heterocycles. The Kier molecular flexibility index (Phi) is 9.05. The summed E-state index contributed by atoms with van der Waals surface area (Å²) < 4.78 is 31.2. The molecule has 1 unspecified atom stereocenters. The number of methoxy groups -OCH3 is 1. The van der Waals surface area contributed by atoms with Gasteiger partial charge >= 0.3 is 5.97 Å². The average molecular weight is 433 g/mol. The number of hydrogen-bond donors (Lipinski definition) is 2. The molecule has 166 valence electrons. The summed E-state index contributed by atoms with van der Waals surface area (Å²) in [6.45, 7) is 1.86. The van der Waals surface area contributed by atoms with Gasteiger partial charge in [0.1, 0.15) is 23.5 Å². The van der Waals surface area contributed by atoms with Gasteiger partial charge in [-0.25, -0.2) is 13.8 Å². The number of benzene rings is 1. The number of nitrogens with one attached hydrogen (secondary N) is 2. The Morgan fingerprint density at radius 1 is 1.10 bits per heavy atom. The highest BCUT2D eigenvalue weighted by Crippen LogP contribution is 2.11. The van der Waals surface area contributed by atoms with E-state index in [1.165, 1.54) is 7.11 Å². The third-order valence-corrected chi connectivity index (χ3v) is 4.44. The van der Waals surface area contributed by atoms with Crippen LogP contribution in [-0.4, -0.2) is 35.9 Å². The SMILES string of the molecule is CCCC(NC(=O)Cc1cc(F)cc(F)c1)C(=O)Nc1ccc(CCC(=O)OC)cn1. The molecule has 2 N–H and O–H groups in total. The summed E-state index contributed by atoms with van der Waals surface area (Å²) >= 11 is 0. The van der Waals surface area contributed by atoms with Crippen LogP contribution in [0.2, 0.25) is 0 Å². The molecule has 1 atom stereocenters. The molecule has 0 spiro atoms. The minimum absolute atomic E-state index is 0.176. The molecule has 1 aromatic carbocycles. The Hall–Kier alpha value is -3.36. The maximum atomic E-state index is 13.3. The first-order valence-corrected chi connectivity index (χ1v) is 9.87. The Morgan fingerprint density at radius 3 is 2.39 bits per heavy atom. The Labute approximate surface area is 179 Å². The van der Waals surface area contributed by atoms with E-state index in [1.54, 1.807) is 18.3 Å². The topological polar surface area (TPSA) is 97.4 Å². The number of ether oxygens (including phenoxy) is 1. The lowest BCUT2D eigenvalue weighted by molar-refractivity contribution is -0.140. The minimum atomic E-state index is -0.822. The van der Waals surface area contributed by atoms with Gasteiger partial charge in [-0.3, -0.25) is 14.4 Å². The van der Waals surface area contributed by atoms with Gasteiger partial charge in [0, 0.05) is 18.7 Å². The predicted octanol–water partition coefficient (Wildman–Crippen LogP) is 2.93. The van der Waals surface area contributed by atoms with Gasteiger partial charge in [0.05, 0.1) is 13.5 Å². The number of amides is 2. The molecule has 2 amide bonds. The van der Waals surface area contributed by atoms with Gasteiger partial charge < -0.3 is 15.4 Å². The molecular weight excluding hydrogens is 408 g/mol. The molecule has 1 heterocycles. The molecule has 0 saturated heterocycles. The fourth-order valence-electron chi connectivity index (χ4n) is 2.91. The van der Waals surface area contributed by atoms with E-state index in [4.69, 9.17) is 0 Å². The van der Waals surface area contributed by atoms with E-state index in [1.807, 2.05) is 6.92 Å². The van der Waals surface area contributed by atoms with E-state index in [-0.39, 0.29) is 24.4 Å². The molecule has 0 saturated carbocycles. The number of aryl methyl sites for hydroxylation is 1. The lowest BCUT2D eigenvalue weighted by Crippen LogP contribution is -2.44. The van der Waals surface area contributed by atoms with Crippen LogP contribution in [0.25, 0.3) is 0 Å². The van der Waals surface area contributed by atoms with E-state index in [9.17, 15) is 23.2 Å². The molecule has 0 radical (unpaired) electrons. The second-order valence-electron chi connectivity index (χ2n) is 6.98. The molecule has 0 aliphatic heterocycles. The molecule has 31 heavy (non-hydrogen) atoms.